The van der Waals surface area contributed by atoms with Crippen LogP contribution in [0.3, 0.4) is 0 Å². The van der Waals surface area contributed by atoms with Crippen LogP contribution in [0.15, 0.2) is 18.2 Å². The SMILES string of the molecule is CC(C)N[C@H](C(=O)N[C@@H](CCCNC(N)=O)C(=O)Nc1ccc(COC(=O)C(C)C)c(C(=O)O)c1)C(C)C. The van der Waals surface area contributed by atoms with Crippen LogP contribution >= 0.6 is 0 Å². The lowest BCUT2D eigenvalue weighted by molar-refractivity contribution is -0.148. The van der Waals surface area contributed by atoms with Gasteiger partial charge in [0.05, 0.1) is 17.5 Å². The van der Waals surface area contributed by atoms with Crippen molar-refractivity contribution in [3.63, 3.8) is 0 Å². The molecule has 7 N–H and O–H groups in total. The Morgan fingerprint density at radius 1 is 1.00 bits per heavy atom. The summed E-state index contributed by atoms with van der Waals surface area (Å²) in [6.07, 6.45) is 0.547. The molecule has 0 fully saturated rings. The summed E-state index contributed by atoms with van der Waals surface area (Å²) in [7, 11) is 0. The van der Waals surface area contributed by atoms with E-state index in [0.717, 1.165) is 0 Å². The number of amides is 4. The van der Waals surface area contributed by atoms with Gasteiger partial charge in [-0.15, -0.1) is 0 Å². The number of esters is 1. The van der Waals surface area contributed by atoms with Crippen LogP contribution in [0.1, 0.15) is 70.3 Å². The van der Waals surface area contributed by atoms with Gasteiger partial charge in [-0.3, -0.25) is 14.4 Å². The van der Waals surface area contributed by atoms with E-state index in [0.29, 0.717) is 6.42 Å². The molecule has 0 radical (unpaired) electrons. The summed E-state index contributed by atoms with van der Waals surface area (Å²) in [5.74, 6) is -3.04. The number of anilines is 1. The van der Waals surface area contributed by atoms with Crippen LogP contribution in [-0.4, -0.2) is 59.6 Å². The fourth-order valence-electron chi connectivity index (χ4n) is 3.50. The summed E-state index contributed by atoms with van der Waals surface area (Å²) in [6.45, 7) is 10.9. The van der Waals surface area contributed by atoms with E-state index in [9.17, 15) is 29.1 Å². The standard InChI is InChI=1S/C26H41N5O7/c1-14(2)21(29-16(5)6)23(33)31-20(8-7-11-28-26(27)37)22(32)30-18-10-9-17(19(12-18)24(34)35)13-38-25(36)15(3)4/h9-10,12,14-16,20-21,29H,7-8,11,13H2,1-6H3,(H,30,32)(H,31,33)(H,34,35)(H3,27,28,37)/t20-,21-/m0/s1. The van der Waals surface area contributed by atoms with Crippen LogP contribution < -0.4 is 27.0 Å². The molecule has 0 aromatic heterocycles. The van der Waals surface area contributed by atoms with Gasteiger partial charge in [0, 0.05) is 23.8 Å². The van der Waals surface area contributed by atoms with Gasteiger partial charge in [-0.25, -0.2) is 9.59 Å². The van der Waals surface area contributed by atoms with Crippen LogP contribution in [0.25, 0.3) is 0 Å². The number of hydrogen-bond acceptors (Lipinski definition) is 7. The molecule has 12 nitrogen and oxygen atoms in total. The van der Waals surface area contributed by atoms with Crippen molar-refractivity contribution in [2.45, 2.75) is 79.1 Å². The average molecular weight is 536 g/mol. The Morgan fingerprint density at radius 3 is 2.18 bits per heavy atom. The van der Waals surface area contributed by atoms with Crippen molar-refractivity contribution in [1.82, 2.24) is 16.0 Å². The van der Waals surface area contributed by atoms with Crippen molar-refractivity contribution in [3.05, 3.63) is 29.3 Å². The predicted octanol–water partition coefficient (Wildman–Crippen LogP) is 1.98. The van der Waals surface area contributed by atoms with Gasteiger partial charge in [0.25, 0.3) is 0 Å². The van der Waals surface area contributed by atoms with Crippen molar-refractivity contribution >= 4 is 35.5 Å². The van der Waals surface area contributed by atoms with E-state index < -0.39 is 36.0 Å². The molecule has 1 rings (SSSR count). The highest BCUT2D eigenvalue weighted by molar-refractivity contribution is 5.99. The smallest absolute Gasteiger partial charge is 0.336 e. The molecule has 212 valence electrons. The number of urea groups is 1. The van der Waals surface area contributed by atoms with Gasteiger partial charge < -0.3 is 36.8 Å². The maximum Gasteiger partial charge on any atom is 0.336 e. The number of carboxylic acid groups (broad SMARTS) is 1. The number of nitrogens with two attached hydrogens (primary N) is 1. The van der Waals surface area contributed by atoms with E-state index in [1.54, 1.807) is 13.8 Å². The quantitative estimate of drug-likeness (QED) is 0.145. The Kier molecular flexibility index (Phi) is 13.2. The molecule has 2 atom stereocenters. The number of benzene rings is 1. The fourth-order valence-corrected chi connectivity index (χ4v) is 3.50. The Bertz CT molecular complexity index is 994. The van der Waals surface area contributed by atoms with Crippen LogP contribution in [0.2, 0.25) is 0 Å². The molecule has 0 bridgehead atoms. The maximum absolute atomic E-state index is 13.2. The number of carbonyl (C=O) groups excluding carboxylic acids is 4. The third kappa shape index (κ3) is 11.2. The first-order chi connectivity index (χ1) is 17.7. The average Bonchev–Trinajstić information content (AvgIpc) is 2.82. The van der Waals surface area contributed by atoms with Crippen molar-refractivity contribution < 1.29 is 33.8 Å². The Hall–Kier alpha value is -3.67. The molecule has 4 amide bonds. The number of ether oxygens (including phenoxy) is 1. The second-order valence-corrected chi connectivity index (χ2v) is 9.97. The molecule has 38 heavy (non-hydrogen) atoms. The van der Waals surface area contributed by atoms with Gasteiger partial charge in [-0.1, -0.05) is 47.6 Å². The van der Waals surface area contributed by atoms with Gasteiger partial charge in [0.1, 0.15) is 12.6 Å². The Balaban J connectivity index is 3.09. The lowest BCUT2D eigenvalue weighted by atomic mass is 10.0. The van der Waals surface area contributed by atoms with Gasteiger partial charge in [0.15, 0.2) is 0 Å². The van der Waals surface area contributed by atoms with E-state index in [4.69, 9.17) is 10.5 Å². The minimum atomic E-state index is -1.25. The summed E-state index contributed by atoms with van der Waals surface area (Å²) >= 11 is 0. The molecule has 0 saturated heterocycles. The summed E-state index contributed by atoms with van der Waals surface area (Å²) in [5, 5.41) is 20.7. The fraction of sp³-hybridized carbons (Fsp3) is 0.577. The third-order valence-electron chi connectivity index (χ3n) is 5.51. The largest absolute Gasteiger partial charge is 0.478 e. The normalized spacial score (nSPS) is 12.7. The Morgan fingerprint density at radius 2 is 1.66 bits per heavy atom. The summed E-state index contributed by atoms with van der Waals surface area (Å²) in [5.41, 5.74) is 5.42. The van der Waals surface area contributed by atoms with Crippen LogP contribution in [0, 0.1) is 11.8 Å². The highest BCUT2D eigenvalue weighted by Gasteiger charge is 2.28. The second kappa shape index (κ2) is 15.6. The number of nitrogens with one attached hydrogen (secondary N) is 4. The zero-order valence-electron chi connectivity index (χ0n) is 22.9. The molecule has 0 aliphatic carbocycles. The minimum Gasteiger partial charge on any atom is -0.478 e. The first-order valence-corrected chi connectivity index (χ1v) is 12.7. The van der Waals surface area contributed by atoms with Crippen LogP contribution in [-0.2, 0) is 25.7 Å². The first-order valence-electron chi connectivity index (χ1n) is 12.7. The predicted molar refractivity (Wildman–Crippen MR) is 142 cm³/mol. The van der Waals surface area contributed by atoms with E-state index in [1.807, 2.05) is 27.7 Å². The minimum absolute atomic E-state index is 0.0351. The number of rotatable bonds is 15. The second-order valence-electron chi connectivity index (χ2n) is 9.97. The topological polar surface area (TPSA) is 189 Å². The summed E-state index contributed by atoms with van der Waals surface area (Å²) in [4.78, 5) is 60.8. The number of primary amides is 1. The van der Waals surface area contributed by atoms with E-state index >= 15 is 0 Å². The lowest BCUT2D eigenvalue weighted by Crippen LogP contribution is -2.54. The summed E-state index contributed by atoms with van der Waals surface area (Å²) < 4.78 is 5.14. The van der Waals surface area contributed by atoms with E-state index in [1.165, 1.54) is 18.2 Å². The third-order valence-corrected chi connectivity index (χ3v) is 5.51. The van der Waals surface area contributed by atoms with E-state index in [2.05, 4.69) is 21.3 Å². The van der Waals surface area contributed by atoms with E-state index in [-0.39, 0.29) is 60.2 Å². The van der Waals surface area contributed by atoms with Gasteiger partial charge >= 0.3 is 18.0 Å². The molecule has 12 heteroatoms. The number of carbonyl (C=O) groups is 5. The van der Waals surface area contributed by atoms with Crippen molar-refractivity contribution in [2.24, 2.45) is 17.6 Å². The van der Waals surface area contributed by atoms with Gasteiger partial charge in [-0.2, -0.15) is 0 Å². The zero-order chi connectivity index (χ0) is 29.0. The molecule has 0 heterocycles. The highest BCUT2D eigenvalue weighted by Crippen LogP contribution is 2.19. The molecule has 0 aliphatic heterocycles. The van der Waals surface area contributed by atoms with Crippen LogP contribution in [0.5, 0.6) is 0 Å². The highest BCUT2D eigenvalue weighted by atomic mass is 16.5. The van der Waals surface area contributed by atoms with Crippen molar-refractivity contribution in [1.29, 1.82) is 0 Å². The molecule has 1 aromatic carbocycles. The molecule has 0 aliphatic rings. The molecule has 0 saturated carbocycles. The summed E-state index contributed by atoms with van der Waals surface area (Å²) in [6, 6.07) is 2.05. The number of carboxylic acids is 1. The van der Waals surface area contributed by atoms with Crippen molar-refractivity contribution in [2.75, 3.05) is 11.9 Å². The maximum atomic E-state index is 13.2. The zero-order valence-corrected chi connectivity index (χ0v) is 22.9. The number of aromatic carboxylic acids is 1. The van der Waals surface area contributed by atoms with Gasteiger partial charge in [0.2, 0.25) is 11.8 Å². The monoisotopic (exact) mass is 535 g/mol. The molecule has 0 spiro atoms. The molecule has 1 aromatic rings. The Labute approximate surface area is 223 Å². The molecular formula is C26H41N5O7. The van der Waals surface area contributed by atoms with Crippen molar-refractivity contribution in [3.8, 4) is 0 Å². The lowest BCUT2D eigenvalue weighted by Gasteiger charge is -2.27. The van der Waals surface area contributed by atoms with Gasteiger partial charge in [-0.05, 0) is 30.9 Å². The first kappa shape index (κ1) is 32.4. The number of hydrogen-bond donors (Lipinski definition) is 6. The molecule has 0 unspecified atom stereocenters. The van der Waals surface area contributed by atoms with Crippen LogP contribution in [0.4, 0.5) is 10.5 Å². The molecular weight excluding hydrogens is 494 g/mol.